The van der Waals surface area contributed by atoms with E-state index in [1.54, 1.807) is 0 Å². The standard InChI is InChI=1S/C19H21NO/c1-3-16-7-9-17(10-8-16)21-14-13-20-12-11-18-15(2)5-4-6-19(18)20/h4-12H,3,13-14H2,1-2H3. The monoisotopic (exact) mass is 279 g/mol. The van der Waals surface area contributed by atoms with Crippen LogP contribution < -0.4 is 4.74 Å². The van der Waals surface area contributed by atoms with E-state index in [-0.39, 0.29) is 0 Å². The topological polar surface area (TPSA) is 14.2 Å². The Kier molecular flexibility index (Phi) is 3.96. The largest absolute Gasteiger partial charge is 0.492 e. The molecule has 0 fully saturated rings. The lowest BCUT2D eigenvalue weighted by atomic mass is 10.1. The molecule has 21 heavy (non-hydrogen) atoms. The molecule has 0 saturated heterocycles. The lowest BCUT2D eigenvalue weighted by Gasteiger charge is -2.09. The molecular formula is C19H21NO. The van der Waals surface area contributed by atoms with E-state index in [1.807, 2.05) is 0 Å². The Morgan fingerprint density at radius 1 is 1.00 bits per heavy atom. The van der Waals surface area contributed by atoms with Gasteiger partial charge in [0.05, 0.1) is 6.54 Å². The molecule has 0 radical (unpaired) electrons. The van der Waals surface area contributed by atoms with Crippen molar-refractivity contribution in [3.8, 4) is 5.75 Å². The van der Waals surface area contributed by atoms with Crippen molar-refractivity contribution in [3.63, 3.8) is 0 Å². The van der Waals surface area contributed by atoms with Gasteiger partial charge in [-0.1, -0.05) is 31.2 Å². The van der Waals surface area contributed by atoms with E-state index >= 15 is 0 Å². The van der Waals surface area contributed by atoms with Gasteiger partial charge in [0.2, 0.25) is 0 Å². The van der Waals surface area contributed by atoms with Gasteiger partial charge in [0.1, 0.15) is 12.4 Å². The number of rotatable bonds is 5. The smallest absolute Gasteiger partial charge is 0.119 e. The van der Waals surface area contributed by atoms with Crippen LogP contribution in [0.4, 0.5) is 0 Å². The fraction of sp³-hybridized carbons (Fsp3) is 0.263. The van der Waals surface area contributed by atoms with E-state index < -0.39 is 0 Å². The van der Waals surface area contributed by atoms with Crippen molar-refractivity contribution in [1.82, 2.24) is 4.57 Å². The van der Waals surface area contributed by atoms with Gasteiger partial charge in [-0.15, -0.1) is 0 Å². The van der Waals surface area contributed by atoms with Crippen molar-refractivity contribution in [2.75, 3.05) is 6.61 Å². The minimum atomic E-state index is 0.684. The zero-order chi connectivity index (χ0) is 14.7. The molecule has 108 valence electrons. The quantitative estimate of drug-likeness (QED) is 0.666. The Morgan fingerprint density at radius 3 is 2.57 bits per heavy atom. The maximum absolute atomic E-state index is 5.84. The number of nitrogens with zero attached hydrogens (tertiary/aromatic N) is 1. The summed E-state index contributed by atoms with van der Waals surface area (Å²) in [5, 5.41) is 1.32. The highest BCUT2D eigenvalue weighted by Crippen LogP contribution is 2.19. The molecule has 2 nitrogen and oxygen atoms in total. The van der Waals surface area contributed by atoms with Crippen LogP contribution in [0.5, 0.6) is 5.75 Å². The summed E-state index contributed by atoms with van der Waals surface area (Å²) in [5.41, 5.74) is 3.94. The third-order valence-electron chi connectivity index (χ3n) is 3.96. The second-order valence-electron chi connectivity index (χ2n) is 5.36. The third kappa shape index (κ3) is 2.94. The molecule has 0 N–H and O–H groups in total. The minimum absolute atomic E-state index is 0.684. The van der Waals surface area contributed by atoms with Crippen LogP contribution in [0.1, 0.15) is 18.1 Å². The summed E-state index contributed by atoms with van der Waals surface area (Å²) in [7, 11) is 0. The number of aryl methyl sites for hydroxylation is 2. The number of benzene rings is 2. The fourth-order valence-corrected chi connectivity index (χ4v) is 2.66. The molecule has 0 spiro atoms. The molecule has 0 unspecified atom stereocenters. The molecule has 0 aliphatic carbocycles. The van der Waals surface area contributed by atoms with Crippen LogP contribution in [-0.2, 0) is 13.0 Å². The second kappa shape index (κ2) is 6.04. The molecule has 0 bridgehead atoms. The molecule has 3 aromatic rings. The van der Waals surface area contributed by atoms with E-state index in [0.29, 0.717) is 6.61 Å². The lowest BCUT2D eigenvalue weighted by Crippen LogP contribution is -2.07. The first-order chi connectivity index (χ1) is 10.3. The number of hydrogen-bond acceptors (Lipinski definition) is 1. The summed E-state index contributed by atoms with van der Waals surface area (Å²) in [5.74, 6) is 0.944. The SMILES string of the molecule is CCc1ccc(OCCn2ccc3c(C)cccc32)cc1. The summed E-state index contributed by atoms with van der Waals surface area (Å²) < 4.78 is 8.09. The number of ether oxygens (including phenoxy) is 1. The van der Waals surface area contributed by atoms with Crippen molar-refractivity contribution in [2.45, 2.75) is 26.8 Å². The first kappa shape index (κ1) is 13.7. The molecule has 1 heterocycles. The average Bonchev–Trinajstić information content (AvgIpc) is 2.93. The molecule has 0 saturated carbocycles. The second-order valence-corrected chi connectivity index (χ2v) is 5.36. The highest BCUT2D eigenvalue weighted by atomic mass is 16.5. The van der Waals surface area contributed by atoms with Crippen molar-refractivity contribution in [1.29, 1.82) is 0 Å². The summed E-state index contributed by atoms with van der Waals surface area (Å²) in [6.45, 7) is 5.86. The molecule has 2 aromatic carbocycles. The van der Waals surface area contributed by atoms with Crippen LogP contribution in [0.15, 0.2) is 54.7 Å². The van der Waals surface area contributed by atoms with Gasteiger partial charge >= 0.3 is 0 Å². The van der Waals surface area contributed by atoms with Crippen molar-refractivity contribution in [3.05, 3.63) is 65.9 Å². The van der Waals surface area contributed by atoms with Gasteiger partial charge < -0.3 is 9.30 Å². The predicted molar refractivity (Wildman–Crippen MR) is 88.0 cm³/mol. The fourth-order valence-electron chi connectivity index (χ4n) is 2.66. The van der Waals surface area contributed by atoms with Gasteiger partial charge in [-0.2, -0.15) is 0 Å². The maximum atomic E-state index is 5.84. The lowest BCUT2D eigenvalue weighted by molar-refractivity contribution is 0.300. The number of aromatic nitrogens is 1. The Bertz CT molecular complexity index is 725. The van der Waals surface area contributed by atoms with E-state index in [4.69, 9.17) is 4.74 Å². The van der Waals surface area contributed by atoms with Gasteiger partial charge in [-0.05, 0) is 48.7 Å². The van der Waals surface area contributed by atoms with E-state index in [9.17, 15) is 0 Å². The first-order valence-corrected chi connectivity index (χ1v) is 7.54. The molecule has 0 aliphatic rings. The Balaban J connectivity index is 1.65. The van der Waals surface area contributed by atoms with E-state index in [2.05, 4.69) is 73.1 Å². The Hall–Kier alpha value is -2.22. The zero-order valence-electron chi connectivity index (χ0n) is 12.7. The van der Waals surface area contributed by atoms with Gasteiger partial charge in [0, 0.05) is 17.1 Å². The third-order valence-corrected chi connectivity index (χ3v) is 3.96. The minimum Gasteiger partial charge on any atom is -0.492 e. The summed E-state index contributed by atoms with van der Waals surface area (Å²) >= 11 is 0. The van der Waals surface area contributed by atoms with Gasteiger partial charge in [0.15, 0.2) is 0 Å². The highest BCUT2D eigenvalue weighted by Gasteiger charge is 2.03. The molecular weight excluding hydrogens is 258 g/mol. The van der Waals surface area contributed by atoms with Crippen molar-refractivity contribution >= 4 is 10.9 Å². The Labute approximate surface area is 126 Å². The average molecular weight is 279 g/mol. The van der Waals surface area contributed by atoms with Crippen LogP contribution in [0.2, 0.25) is 0 Å². The van der Waals surface area contributed by atoms with Crippen LogP contribution in [0.25, 0.3) is 10.9 Å². The maximum Gasteiger partial charge on any atom is 0.119 e. The summed E-state index contributed by atoms with van der Waals surface area (Å²) in [4.78, 5) is 0. The number of hydrogen-bond donors (Lipinski definition) is 0. The molecule has 2 heteroatoms. The molecule has 1 aromatic heterocycles. The van der Waals surface area contributed by atoms with Gasteiger partial charge in [-0.3, -0.25) is 0 Å². The first-order valence-electron chi connectivity index (χ1n) is 7.54. The normalized spacial score (nSPS) is 11.0. The van der Waals surface area contributed by atoms with Crippen LogP contribution in [0, 0.1) is 6.92 Å². The molecule has 0 aliphatic heterocycles. The van der Waals surface area contributed by atoms with Gasteiger partial charge in [-0.25, -0.2) is 0 Å². The molecule has 0 atom stereocenters. The summed E-state index contributed by atoms with van der Waals surface area (Å²) in [6.07, 6.45) is 3.20. The Morgan fingerprint density at radius 2 is 1.81 bits per heavy atom. The highest BCUT2D eigenvalue weighted by molar-refractivity contribution is 5.83. The van der Waals surface area contributed by atoms with Crippen LogP contribution >= 0.6 is 0 Å². The molecule has 3 rings (SSSR count). The zero-order valence-corrected chi connectivity index (χ0v) is 12.7. The van der Waals surface area contributed by atoms with Crippen molar-refractivity contribution in [2.24, 2.45) is 0 Å². The van der Waals surface area contributed by atoms with Gasteiger partial charge in [0.25, 0.3) is 0 Å². The van der Waals surface area contributed by atoms with E-state index in [0.717, 1.165) is 18.7 Å². The predicted octanol–water partition coefficient (Wildman–Crippen LogP) is 4.59. The van der Waals surface area contributed by atoms with E-state index in [1.165, 1.54) is 22.0 Å². The molecule has 0 amide bonds. The van der Waals surface area contributed by atoms with Crippen LogP contribution in [-0.4, -0.2) is 11.2 Å². The van der Waals surface area contributed by atoms with Crippen LogP contribution in [0.3, 0.4) is 0 Å². The number of fused-ring (bicyclic) bond motifs is 1. The summed E-state index contributed by atoms with van der Waals surface area (Å²) in [6, 6.07) is 17.0. The van der Waals surface area contributed by atoms with Crippen molar-refractivity contribution < 1.29 is 4.74 Å².